The van der Waals surface area contributed by atoms with E-state index in [1.165, 1.54) is 13.2 Å². The van der Waals surface area contributed by atoms with Crippen molar-refractivity contribution in [3.05, 3.63) is 32.7 Å². The van der Waals surface area contributed by atoms with E-state index in [0.717, 1.165) is 32.4 Å². The summed E-state index contributed by atoms with van der Waals surface area (Å²) in [6.07, 6.45) is 3.05. The summed E-state index contributed by atoms with van der Waals surface area (Å²) in [5.74, 6) is 0.0319. The average Bonchev–Trinajstić information content (AvgIpc) is 3.49. The number of anilines is 1. The Balaban J connectivity index is 1.73. The van der Waals surface area contributed by atoms with E-state index < -0.39 is 17.1 Å². The Kier molecular flexibility index (Phi) is 6.24. The number of fused-ring (bicyclic) bond motifs is 1. The number of halogens is 1. The van der Waals surface area contributed by atoms with Crippen molar-refractivity contribution in [1.82, 2.24) is 14.5 Å². The Morgan fingerprint density at radius 1 is 1.38 bits per heavy atom. The van der Waals surface area contributed by atoms with Gasteiger partial charge < -0.3 is 9.64 Å². The maximum Gasteiger partial charge on any atom is 0.329 e. The molecule has 1 aliphatic carbocycles. The summed E-state index contributed by atoms with van der Waals surface area (Å²) in [5, 5.41) is 9.07. The first-order chi connectivity index (χ1) is 15.4. The third kappa shape index (κ3) is 3.88. The Labute approximate surface area is 186 Å². The van der Waals surface area contributed by atoms with Crippen LogP contribution in [0.2, 0.25) is 0 Å². The van der Waals surface area contributed by atoms with Crippen LogP contribution in [-0.2, 0) is 0 Å². The molecular weight excluding hydrogens is 413 g/mol. The Morgan fingerprint density at radius 2 is 2.12 bits per heavy atom. The second-order valence-electron chi connectivity index (χ2n) is 8.77. The molecule has 1 N–H and O–H groups in total. The maximum atomic E-state index is 15.4. The van der Waals surface area contributed by atoms with Gasteiger partial charge in [-0.2, -0.15) is 5.26 Å². The van der Waals surface area contributed by atoms with E-state index in [1.54, 1.807) is 4.57 Å². The summed E-state index contributed by atoms with van der Waals surface area (Å²) < 4.78 is 22.6. The van der Waals surface area contributed by atoms with Gasteiger partial charge in [0.05, 0.1) is 18.6 Å². The van der Waals surface area contributed by atoms with E-state index in [-0.39, 0.29) is 23.2 Å². The Bertz CT molecular complexity index is 1160. The standard InChI is InChI=1S/C23H30FN5O3/c1-4-27(10-5-9-25)14(2)15-8-11-28(13-15)20-18(24)12-17-19(21(20)32-3)29(16-6-7-16)23(31)26-22(17)30/h12,14-16H,4-8,10-11,13H2,1-3H3,(H,26,30,31). The number of nitrogens with one attached hydrogen (secondary N) is 1. The minimum absolute atomic E-state index is 0.00124. The molecule has 1 saturated heterocycles. The van der Waals surface area contributed by atoms with Gasteiger partial charge in [-0.15, -0.1) is 0 Å². The molecule has 1 aromatic heterocycles. The number of aromatic nitrogens is 2. The van der Waals surface area contributed by atoms with E-state index in [2.05, 4.69) is 29.8 Å². The molecule has 2 fully saturated rings. The van der Waals surface area contributed by atoms with Crippen LogP contribution in [0.3, 0.4) is 0 Å². The molecule has 2 unspecified atom stereocenters. The Morgan fingerprint density at radius 3 is 2.75 bits per heavy atom. The fourth-order valence-electron chi connectivity index (χ4n) is 5.04. The summed E-state index contributed by atoms with van der Waals surface area (Å²) >= 11 is 0. The van der Waals surface area contributed by atoms with E-state index in [0.29, 0.717) is 36.6 Å². The molecule has 2 atom stereocenters. The number of H-pyrrole nitrogens is 1. The number of rotatable bonds is 8. The van der Waals surface area contributed by atoms with Gasteiger partial charge in [0.2, 0.25) is 0 Å². The van der Waals surface area contributed by atoms with Gasteiger partial charge in [0.1, 0.15) is 11.2 Å². The first-order valence-corrected chi connectivity index (χ1v) is 11.3. The van der Waals surface area contributed by atoms with Crippen LogP contribution in [0, 0.1) is 23.1 Å². The number of benzene rings is 1. The van der Waals surface area contributed by atoms with Crippen LogP contribution in [0.5, 0.6) is 5.75 Å². The topological polar surface area (TPSA) is 94.4 Å². The van der Waals surface area contributed by atoms with E-state index in [1.807, 2.05) is 4.90 Å². The first kappa shape index (κ1) is 22.3. The molecule has 32 heavy (non-hydrogen) atoms. The third-order valence-corrected chi connectivity index (χ3v) is 6.94. The quantitative estimate of drug-likeness (QED) is 0.674. The lowest BCUT2D eigenvalue weighted by Crippen LogP contribution is -2.40. The number of ether oxygens (including phenoxy) is 1. The van der Waals surface area contributed by atoms with Gasteiger partial charge in [-0.3, -0.25) is 19.2 Å². The molecule has 1 aromatic carbocycles. The van der Waals surface area contributed by atoms with Gasteiger partial charge in [0.15, 0.2) is 11.6 Å². The van der Waals surface area contributed by atoms with Crippen LogP contribution in [0.1, 0.15) is 45.6 Å². The first-order valence-electron chi connectivity index (χ1n) is 11.3. The molecule has 0 radical (unpaired) electrons. The fourth-order valence-corrected chi connectivity index (χ4v) is 5.04. The zero-order valence-electron chi connectivity index (χ0n) is 18.9. The normalized spacial score (nSPS) is 19.5. The maximum absolute atomic E-state index is 15.4. The van der Waals surface area contributed by atoms with Crippen LogP contribution < -0.4 is 20.9 Å². The number of nitrogens with zero attached hydrogens (tertiary/aromatic N) is 4. The second-order valence-corrected chi connectivity index (χ2v) is 8.77. The predicted molar refractivity (Wildman–Crippen MR) is 121 cm³/mol. The molecule has 2 aromatic rings. The molecule has 2 heterocycles. The molecule has 0 spiro atoms. The van der Waals surface area contributed by atoms with Crippen molar-refractivity contribution in [2.75, 3.05) is 38.2 Å². The largest absolute Gasteiger partial charge is 0.492 e. The lowest BCUT2D eigenvalue weighted by molar-refractivity contribution is 0.173. The summed E-state index contributed by atoms with van der Waals surface area (Å²) in [6, 6.07) is 3.68. The van der Waals surface area contributed by atoms with E-state index >= 15 is 4.39 Å². The highest BCUT2D eigenvalue weighted by Gasteiger charge is 2.35. The minimum Gasteiger partial charge on any atom is -0.492 e. The number of hydrogen-bond acceptors (Lipinski definition) is 6. The highest BCUT2D eigenvalue weighted by molar-refractivity contribution is 5.91. The van der Waals surface area contributed by atoms with Gasteiger partial charge in [-0.1, -0.05) is 6.92 Å². The van der Waals surface area contributed by atoms with Crippen LogP contribution in [-0.4, -0.2) is 53.8 Å². The van der Waals surface area contributed by atoms with Crippen LogP contribution >= 0.6 is 0 Å². The molecule has 4 rings (SSSR count). The molecule has 1 aliphatic heterocycles. The van der Waals surface area contributed by atoms with Crippen molar-refractivity contribution < 1.29 is 9.13 Å². The second kappa shape index (κ2) is 8.94. The number of aromatic amines is 1. The number of nitriles is 1. The van der Waals surface area contributed by atoms with Gasteiger partial charge in [0, 0.05) is 38.1 Å². The van der Waals surface area contributed by atoms with Crippen molar-refractivity contribution in [2.24, 2.45) is 5.92 Å². The summed E-state index contributed by atoms with van der Waals surface area (Å²) in [5.41, 5.74) is -0.394. The lowest BCUT2D eigenvalue weighted by Gasteiger charge is -2.32. The highest BCUT2D eigenvalue weighted by Crippen LogP contribution is 2.43. The molecule has 8 nitrogen and oxygen atoms in total. The fraction of sp³-hybridized carbons (Fsp3) is 0.609. The predicted octanol–water partition coefficient (Wildman–Crippen LogP) is 2.62. The summed E-state index contributed by atoms with van der Waals surface area (Å²) in [4.78, 5) is 31.6. The average molecular weight is 444 g/mol. The van der Waals surface area contributed by atoms with Crippen molar-refractivity contribution in [1.29, 1.82) is 5.26 Å². The molecule has 2 aliphatic rings. The molecule has 1 saturated carbocycles. The summed E-state index contributed by atoms with van der Waals surface area (Å²) in [6.45, 7) is 7.10. The molecule has 9 heteroatoms. The van der Waals surface area contributed by atoms with Gasteiger partial charge >= 0.3 is 5.69 Å². The monoisotopic (exact) mass is 443 g/mol. The minimum atomic E-state index is -0.602. The molecular formula is C23H30FN5O3. The van der Waals surface area contributed by atoms with Crippen molar-refractivity contribution in [3.8, 4) is 11.8 Å². The molecule has 0 bridgehead atoms. The summed E-state index contributed by atoms with van der Waals surface area (Å²) in [7, 11) is 1.46. The number of hydrogen-bond donors (Lipinski definition) is 1. The Hall–Kier alpha value is -2.86. The van der Waals surface area contributed by atoms with E-state index in [4.69, 9.17) is 10.00 Å². The smallest absolute Gasteiger partial charge is 0.329 e. The molecule has 172 valence electrons. The molecule has 0 amide bonds. The van der Waals surface area contributed by atoms with Crippen LogP contribution in [0.15, 0.2) is 15.7 Å². The zero-order valence-corrected chi connectivity index (χ0v) is 18.9. The zero-order chi connectivity index (χ0) is 23.0. The van der Waals surface area contributed by atoms with Gasteiger partial charge in [0.25, 0.3) is 5.56 Å². The van der Waals surface area contributed by atoms with E-state index in [9.17, 15) is 9.59 Å². The van der Waals surface area contributed by atoms with Crippen LogP contribution in [0.4, 0.5) is 10.1 Å². The highest BCUT2D eigenvalue weighted by atomic mass is 19.1. The van der Waals surface area contributed by atoms with Crippen molar-refractivity contribution in [3.63, 3.8) is 0 Å². The van der Waals surface area contributed by atoms with Crippen molar-refractivity contribution in [2.45, 2.75) is 51.6 Å². The third-order valence-electron chi connectivity index (χ3n) is 6.94. The van der Waals surface area contributed by atoms with Gasteiger partial charge in [-0.25, -0.2) is 9.18 Å². The SMILES string of the molecule is CCN(CCC#N)C(C)C1CCN(c2c(F)cc3c(=O)[nH]c(=O)n(C4CC4)c3c2OC)C1. The van der Waals surface area contributed by atoms with Crippen molar-refractivity contribution >= 4 is 16.6 Å². The van der Waals surface area contributed by atoms with Crippen LogP contribution in [0.25, 0.3) is 10.9 Å². The number of methoxy groups -OCH3 is 1. The lowest BCUT2D eigenvalue weighted by atomic mass is 9.99. The van der Waals surface area contributed by atoms with Gasteiger partial charge in [-0.05, 0) is 44.7 Å².